The standard InChI is InChI=1S/C27H25N5O5/c1-15-17-9-10-20(19(17)8-7-18(15)27(35)36)31-26(34)22-13-21(30-24-11-12-29-32(22)24)25(33)28-14-16-5-3-4-6-23(16)37-2/h3-8,11-13,20H,9-10,14H2,1-2H3,(H,28,33)(H,31,34)(H,35,36)/t20-/m0/s1. The Hall–Kier alpha value is -4.73. The fourth-order valence-electron chi connectivity index (χ4n) is 4.80. The van der Waals surface area contributed by atoms with Crippen molar-refractivity contribution >= 4 is 23.4 Å². The van der Waals surface area contributed by atoms with Gasteiger partial charge in [-0.15, -0.1) is 0 Å². The van der Waals surface area contributed by atoms with Crippen LogP contribution in [-0.4, -0.2) is 44.6 Å². The quantitative estimate of drug-likeness (QED) is 0.356. The molecule has 2 amide bonds. The van der Waals surface area contributed by atoms with Crippen LogP contribution in [0.5, 0.6) is 5.75 Å². The van der Waals surface area contributed by atoms with E-state index in [9.17, 15) is 19.5 Å². The molecule has 188 valence electrons. The van der Waals surface area contributed by atoms with Crippen LogP contribution in [-0.2, 0) is 13.0 Å². The van der Waals surface area contributed by atoms with E-state index >= 15 is 0 Å². The normalized spacial score (nSPS) is 14.3. The number of benzene rings is 2. The van der Waals surface area contributed by atoms with E-state index in [1.54, 1.807) is 32.2 Å². The first kappa shape index (κ1) is 24.0. The van der Waals surface area contributed by atoms with Crippen LogP contribution < -0.4 is 15.4 Å². The predicted molar refractivity (Wildman–Crippen MR) is 134 cm³/mol. The number of carbonyl (C=O) groups is 3. The van der Waals surface area contributed by atoms with Crippen LogP contribution in [0.15, 0.2) is 54.7 Å². The van der Waals surface area contributed by atoms with Gasteiger partial charge in [-0.2, -0.15) is 5.10 Å². The summed E-state index contributed by atoms with van der Waals surface area (Å²) in [7, 11) is 1.57. The molecule has 0 spiro atoms. The first-order valence-corrected chi connectivity index (χ1v) is 11.8. The van der Waals surface area contributed by atoms with E-state index in [0.717, 1.165) is 16.7 Å². The van der Waals surface area contributed by atoms with Gasteiger partial charge in [0.15, 0.2) is 5.65 Å². The second-order valence-corrected chi connectivity index (χ2v) is 8.80. The van der Waals surface area contributed by atoms with Crippen molar-refractivity contribution < 1.29 is 24.2 Å². The number of fused-ring (bicyclic) bond motifs is 2. The molecule has 0 aliphatic heterocycles. The van der Waals surface area contributed by atoms with Crippen molar-refractivity contribution in [3.63, 3.8) is 0 Å². The van der Waals surface area contributed by atoms with Crippen molar-refractivity contribution in [3.8, 4) is 5.75 Å². The first-order chi connectivity index (χ1) is 17.9. The van der Waals surface area contributed by atoms with Gasteiger partial charge in [0, 0.05) is 24.2 Å². The molecule has 5 rings (SSSR count). The number of amides is 2. The molecule has 0 saturated heterocycles. The minimum atomic E-state index is -0.970. The highest BCUT2D eigenvalue weighted by Crippen LogP contribution is 2.35. The number of carbonyl (C=O) groups excluding carboxylic acids is 2. The zero-order valence-corrected chi connectivity index (χ0v) is 20.3. The molecule has 2 heterocycles. The highest BCUT2D eigenvalue weighted by Gasteiger charge is 2.28. The lowest BCUT2D eigenvalue weighted by atomic mass is 9.98. The Bertz CT molecular complexity index is 1540. The number of hydrogen-bond acceptors (Lipinski definition) is 6. The molecule has 0 bridgehead atoms. The summed E-state index contributed by atoms with van der Waals surface area (Å²) in [6.07, 6.45) is 2.82. The molecule has 2 aromatic carbocycles. The van der Waals surface area contributed by atoms with Gasteiger partial charge in [0.05, 0.1) is 24.9 Å². The molecule has 2 aromatic heterocycles. The number of nitrogens with zero attached hydrogens (tertiary/aromatic N) is 3. The van der Waals surface area contributed by atoms with E-state index in [1.165, 1.54) is 16.8 Å². The van der Waals surface area contributed by atoms with Crippen LogP contribution in [0.4, 0.5) is 0 Å². The highest BCUT2D eigenvalue weighted by molar-refractivity contribution is 5.98. The van der Waals surface area contributed by atoms with Gasteiger partial charge in [-0.05, 0) is 48.6 Å². The van der Waals surface area contributed by atoms with Crippen LogP contribution in [0.2, 0.25) is 0 Å². The third kappa shape index (κ3) is 4.49. The topological polar surface area (TPSA) is 135 Å². The summed E-state index contributed by atoms with van der Waals surface area (Å²) >= 11 is 0. The summed E-state index contributed by atoms with van der Waals surface area (Å²) in [6.45, 7) is 2.02. The average Bonchev–Trinajstić information content (AvgIpc) is 3.54. The van der Waals surface area contributed by atoms with Crippen LogP contribution >= 0.6 is 0 Å². The summed E-state index contributed by atoms with van der Waals surface area (Å²) in [5.74, 6) is -1.16. The van der Waals surface area contributed by atoms with Gasteiger partial charge in [0.2, 0.25) is 0 Å². The van der Waals surface area contributed by atoms with Crippen molar-refractivity contribution in [1.29, 1.82) is 0 Å². The molecule has 1 aliphatic rings. The van der Waals surface area contributed by atoms with Crippen LogP contribution in [0.1, 0.15) is 66.1 Å². The molecule has 1 atom stereocenters. The Morgan fingerprint density at radius 1 is 1.14 bits per heavy atom. The van der Waals surface area contributed by atoms with E-state index in [-0.39, 0.29) is 29.5 Å². The van der Waals surface area contributed by atoms with Gasteiger partial charge in [-0.3, -0.25) is 9.59 Å². The van der Waals surface area contributed by atoms with Crippen molar-refractivity contribution in [2.75, 3.05) is 7.11 Å². The highest BCUT2D eigenvalue weighted by atomic mass is 16.5. The van der Waals surface area contributed by atoms with Crippen LogP contribution in [0.25, 0.3) is 5.65 Å². The molecule has 4 aromatic rings. The largest absolute Gasteiger partial charge is 0.496 e. The number of nitrogens with one attached hydrogen (secondary N) is 2. The SMILES string of the molecule is COc1ccccc1CNC(=O)c1cc(C(=O)N[C@H]2CCc3c2ccc(C(=O)O)c3C)n2nccc2n1. The lowest BCUT2D eigenvalue weighted by Gasteiger charge is -2.16. The number of aromatic carboxylic acids is 1. The van der Waals surface area contributed by atoms with Gasteiger partial charge in [0.1, 0.15) is 17.1 Å². The van der Waals surface area contributed by atoms with E-state index in [2.05, 4.69) is 20.7 Å². The monoisotopic (exact) mass is 499 g/mol. The van der Waals surface area contributed by atoms with Crippen LogP contribution in [0, 0.1) is 6.92 Å². The maximum Gasteiger partial charge on any atom is 0.335 e. The molecule has 10 nitrogen and oxygen atoms in total. The summed E-state index contributed by atoms with van der Waals surface area (Å²) < 4.78 is 6.72. The first-order valence-electron chi connectivity index (χ1n) is 11.8. The van der Waals surface area contributed by atoms with Crippen molar-refractivity contribution in [2.24, 2.45) is 0 Å². The summed E-state index contributed by atoms with van der Waals surface area (Å²) in [4.78, 5) is 42.2. The van der Waals surface area contributed by atoms with Crippen molar-refractivity contribution in [2.45, 2.75) is 32.4 Å². The van der Waals surface area contributed by atoms with E-state index in [1.807, 2.05) is 24.3 Å². The molecular weight excluding hydrogens is 474 g/mol. The second-order valence-electron chi connectivity index (χ2n) is 8.80. The number of methoxy groups -OCH3 is 1. The second kappa shape index (κ2) is 9.73. The number of rotatable bonds is 7. The lowest BCUT2D eigenvalue weighted by molar-refractivity contribution is 0.0695. The molecule has 37 heavy (non-hydrogen) atoms. The minimum Gasteiger partial charge on any atom is -0.496 e. The predicted octanol–water partition coefficient (Wildman–Crippen LogP) is 3.09. The molecule has 0 radical (unpaired) electrons. The Labute approximate surface area is 212 Å². The Morgan fingerprint density at radius 2 is 1.95 bits per heavy atom. The Balaban J connectivity index is 1.38. The average molecular weight is 500 g/mol. The fraction of sp³-hybridized carbons (Fsp3) is 0.222. The van der Waals surface area contributed by atoms with Gasteiger partial charge >= 0.3 is 5.97 Å². The number of aromatic nitrogens is 3. The molecule has 10 heteroatoms. The maximum absolute atomic E-state index is 13.4. The third-order valence-electron chi connectivity index (χ3n) is 6.69. The van der Waals surface area contributed by atoms with E-state index in [0.29, 0.717) is 29.8 Å². The smallest absolute Gasteiger partial charge is 0.335 e. The third-order valence-corrected chi connectivity index (χ3v) is 6.69. The molecule has 0 fully saturated rings. The number of para-hydroxylation sites is 1. The molecule has 0 unspecified atom stereocenters. The van der Waals surface area contributed by atoms with Gasteiger partial charge in [0.25, 0.3) is 11.8 Å². The van der Waals surface area contributed by atoms with Crippen molar-refractivity contribution in [1.82, 2.24) is 25.2 Å². The molecule has 3 N–H and O–H groups in total. The maximum atomic E-state index is 13.4. The summed E-state index contributed by atoms with van der Waals surface area (Å²) in [5.41, 5.74) is 4.26. The van der Waals surface area contributed by atoms with Gasteiger partial charge < -0.3 is 20.5 Å². The zero-order chi connectivity index (χ0) is 26.1. The number of hydrogen-bond donors (Lipinski definition) is 3. The van der Waals surface area contributed by atoms with E-state index < -0.39 is 17.8 Å². The minimum absolute atomic E-state index is 0.0850. The zero-order valence-electron chi connectivity index (χ0n) is 20.3. The number of carboxylic acids is 1. The molecular formula is C27H25N5O5. The number of carboxylic acid groups (broad SMARTS) is 1. The summed E-state index contributed by atoms with van der Waals surface area (Å²) in [6, 6.07) is 13.5. The van der Waals surface area contributed by atoms with Crippen molar-refractivity contribution in [3.05, 3.63) is 93.9 Å². The van der Waals surface area contributed by atoms with Gasteiger partial charge in [-0.1, -0.05) is 24.3 Å². The molecule has 1 aliphatic carbocycles. The lowest BCUT2D eigenvalue weighted by Crippen LogP contribution is -2.30. The number of ether oxygens (including phenoxy) is 1. The fourth-order valence-corrected chi connectivity index (χ4v) is 4.80. The molecule has 0 saturated carbocycles. The summed E-state index contributed by atoms with van der Waals surface area (Å²) in [5, 5.41) is 19.5. The van der Waals surface area contributed by atoms with Crippen LogP contribution in [0.3, 0.4) is 0 Å². The Kier molecular flexibility index (Phi) is 6.31. The van der Waals surface area contributed by atoms with Gasteiger partial charge in [-0.25, -0.2) is 14.3 Å². The Morgan fingerprint density at radius 3 is 2.73 bits per heavy atom. The van der Waals surface area contributed by atoms with E-state index in [4.69, 9.17) is 4.74 Å².